The SMILES string of the molecule is COc1ccc(OC)c(Cc2cc(OC)c(Cc3ccccc3)cc2OC)c1. The molecule has 0 aromatic heterocycles. The van der Waals surface area contributed by atoms with Crippen LogP contribution in [0.2, 0.25) is 0 Å². The second-order valence-electron chi connectivity index (χ2n) is 6.49. The lowest BCUT2D eigenvalue weighted by Crippen LogP contribution is -2.01. The third kappa shape index (κ3) is 4.39. The van der Waals surface area contributed by atoms with Crippen molar-refractivity contribution in [1.82, 2.24) is 0 Å². The Morgan fingerprint density at radius 2 is 1.11 bits per heavy atom. The highest BCUT2D eigenvalue weighted by Gasteiger charge is 2.15. The van der Waals surface area contributed by atoms with Crippen LogP contribution in [0, 0.1) is 0 Å². The van der Waals surface area contributed by atoms with E-state index in [9.17, 15) is 0 Å². The summed E-state index contributed by atoms with van der Waals surface area (Å²) in [4.78, 5) is 0. The van der Waals surface area contributed by atoms with Gasteiger partial charge in [0.1, 0.15) is 23.0 Å². The largest absolute Gasteiger partial charge is 0.497 e. The quantitative estimate of drug-likeness (QED) is 0.558. The van der Waals surface area contributed by atoms with E-state index in [1.807, 2.05) is 36.4 Å². The van der Waals surface area contributed by atoms with Crippen LogP contribution < -0.4 is 18.9 Å². The monoisotopic (exact) mass is 378 g/mol. The maximum absolute atomic E-state index is 5.70. The topological polar surface area (TPSA) is 36.9 Å². The van der Waals surface area contributed by atoms with Gasteiger partial charge in [-0.3, -0.25) is 0 Å². The fourth-order valence-electron chi connectivity index (χ4n) is 3.34. The van der Waals surface area contributed by atoms with Crippen molar-refractivity contribution in [2.75, 3.05) is 28.4 Å². The van der Waals surface area contributed by atoms with Gasteiger partial charge in [-0.1, -0.05) is 30.3 Å². The van der Waals surface area contributed by atoms with Crippen molar-refractivity contribution in [2.45, 2.75) is 12.8 Å². The molecule has 0 radical (unpaired) electrons. The third-order valence-corrected chi connectivity index (χ3v) is 4.79. The second-order valence-corrected chi connectivity index (χ2v) is 6.49. The highest BCUT2D eigenvalue weighted by atomic mass is 16.5. The number of methoxy groups -OCH3 is 4. The zero-order valence-corrected chi connectivity index (χ0v) is 16.8. The van der Waals surface area contributed by atoms with Gasteiger partial charge >= 0.3 is 0 Å². The van der Waals surface area contributed by atoms with Crippen molar-refractivity contribution in [1.29, 1.82) is 0 Å². The van der Waals surface area contributed by atoms with Crippen molar-refractivity contribution < 1.29 is 18.9 Å². The summed E-state index contributed by atoms with van der Waals surface area (Å²) in [6.07, 6.45) is 1.43. The lowest BCUT2D eigenvalue weighted by atomic mass is 9.97. The van der Waals surface area contributed by atoms with E-state index in [-0.39, 0.29) is 0 Å². The van der Waals surface area contributed by atoms with E-state index in [1.54, 1.807) is 28.4 Å². The molecule has 0 unspecified atom stereocenters. The predicted octanol–water partition coefficient (Wildman–Crippen LogP) is 4.90. The van der Waals surface area contributed by atoms with Crippen molar-refractivity contribution >= 4 is 0 Å². The first-order valence-electron chi connectivity index (χ1n) is 9.17. The second kappa shape index (κ2) is 9.18. The van der Waals surface area contributed by atoms with Crippen molar-refractivity contribution in [3.05, 3.63) is 82.9 Å². The summed E-state index contributed by atoms with van der Waals surface area (Å²) in [6, 6.07) is 20.2. The van der Waals surface area contributed by atoms with E-state index in [0.717, 1.165) is 46.1 Å². The Kier molecular flexibility index (Phi) is 6.43. The van der Waals surface area contributed by atoms with Gasteiger partial charge in [0, 0.05) is 29.5 Å². The van der Waals surface area contributed by atoms with Crippen LogP contribution in [0.3, 0.4) is 0 Å². The van der Waals surface area contributed by atoms with Crippen LogP contribution in [0.25, 0.3) is 0 Å². The minimum absolute atomic E-state index is 0.644. The summed E-state index contributed by atoms with van der Waals surface area (Å²) in [5.41, 5.74) is 4.37. The maximum Gasteiger partial charge on any atom is 0.122 e. The molecule has 3 aromatic carbocycles. The van der Waals surface area contributed by atoms with Crippen molar-refractivity contribution in [3.8, 4) is 23.0 Å². The highest BCUT2D eigenvalue weighted by molar-refractivity contribution is 5.52. The Bertz CT molecular complexity index is 919. The number of rotatable bonds is 8. The maximum atomic E-state index is 5.70. The smallest absolute Gasteiger partial charge is 0.122 e. The van der Waals surface area contributed by atoms with Gasteiger partial charge in [-0.05, 0) is 35.9 Å². The first kappa shape index (κ1) is 19.6. The molecule has 0 fully saturated rings. The third-order valence-electron chi connectivity index (χ3n) is 4.79. The van der Waals surface area contributed by atoms with Gasteiger partial charge in [-0.2, -0.15) is 0 Å². The van der Waals surface area contributed by atoms with Gasteiger partial charge in [0.2, 0.25) is 0 Å². The van der Waals surface area contributed by atoms with Gasteiger partial charge in [0.15, 0.2) is 0 Å². The van der Waals surface area contributed by atoms with Crippen LogP contribution in [-0.2, 0) is 12.8 Å². The van der Waals surface area contributed by atoms with Crippen LogP contribution in [-0.4, -0.2) is 28.4 Å². The van der Waals surface area contributed by atoms with Crippen LogP contribution in [0.1, 0.15) is 22.3 Å². The molecule has 146 valence electrons. The van der Waals surface area contributed by atoms with Crippen LogP contribution in [0.5, 0.6) is 23.0 Å². The molecule has 0 amide bonds. The predicted molar refractivity (Wildman–Crippen MR) is 111 cm³/mol. The van der Waals surface area contributed by atoms with Gasteiger partial charge in [-0.25, -0.2) is 0 Å². The van der Waals surface area contributed by atoms with Crippen LogP contribution in [0.4, 0.5) is 0 Å². The molecule has 28 heavy (non-hydrogen) atoms. The van der Waals surface area contributed by atoms with E-state index in [4.69, 9.17) is 18.9 Å². The van der Waals surface area contributed by atoms with E-state index >= 15 is 0 Å². The molecule has 0 aliphatic carbocycles. The zero-order chi connectivity index (χ0) is 19.9. The summed E-state index contributed by atoms with van der Waals surface area (Å²) in [6.45, 7) is 0. The fraction of sp³-hybridized carbons (Fsp3) is 0.250. The molecule has 0 aliphatic rings. The fourth-order valence-corrected chi connectivity index (χ4v) is 3.34. The van der Waals surface area contributed by atoms with Gasteiger partial charge < -0.3 is 18.9 Å². The number of hydrogen-bond acceptors (Lipinski definition) is 4. The van der Waals surface area contributed by atoms with Gasteiger partial charge in [0.25, 0.3) is 0 Å². The lowest BCUT2D eigenvalue weighted by molar-refractivity contribution is 0.393. The minimum Gasteiger partial charge on any atom is -0.497 e. The summed E-state index contributed by atoms with van der Waals surface area (Å²) in [5.74, 6) is 3.29. The summed E-state index contributed by atoms with van der Waals surface area (Å²) < 4.78 is 22.3. The Morgan fingerprint density at radius 3 is 1.68 bits per heavy atom. The van der Waals surface area contributed by atoms with E-state index in [2.05, 4.69) is 24.3 Å². The molecule has 0 heterocycles. The lowest BCUT2D eigenvalue weighted by Gasteiger charge is -2.17. The molecule has 0 saturated carbocycles. The van der Waals surface area contributed by atoms with Crippen LogP contribution in [0.15, 0.2) is 60.7 Å². The molecule has 0 saturated heterocycles. The Labute approximate surface area is 166 Å². The first-order valence-corrected chi connectivity index (χ1v) is 9.17. The molecular formula is C24H26O4. The summed E-state index contributed by atoms with van der Waals surface area (Å²) in [7, 11) is 6.73. The molecule has 4 heteroatoms. The number of benzene rings is 3. The average Bonchev–Trinajstić information content (AvgIpc) is 2.75. The van der Waals surface area contributed by atoms with Gasteiger partial charge in [0.05, 0.1) is 28.4 Å². The minimum atomic E-state index is 0.644. The van der Waals surface area contributed by atoms with Crippen molar-refractivity contribution in [2.24, 2.45) is 0 Å². The van der Waals surface area contributed by atoms with Gasteiger partial charge in [-0.15, -0.1) is 0 Å². The molecular weight excluding hydrogens is 352 g/mol. The Hall–Kier alpha value is -3.14. The number of ether oxygens (including phenoxy) is 4. The Balaban J connectivity index is 1.98. The molecule has 4 nitrogen and oxygen atoms in total. The van der Waals surface area contributed by atoms with Crippen LogP contribution >= 0.6 is 0 Å². The highest BCUT2D eigenvalue weighted by Crippen LogP contribution is 2.34. The molecule has 0 spiro atoms. The first-order chi connectivity index (χ1) is 13.7. The zero-order valence-electron chi connectivity index (χ0n) is 16.8. The molecule has 3 rings (SSSR count). The molecule has 0 N–H and O–H groups in total. The molecule has 0 bridgehead atoms. The van der Waals surface area contributed by atoms with E-state index < -0.39 is 0 Å². The summed E-state index contributed by atoms with van der Waals surface area (Å²) in [5, 5.41) is 0. The van der Waals surface area contributed by atoms with E-state index in [0.29, 0.717) is 6.42 Å². The Morgan fingerprint density at radius 1 is 0.536 bits per heavy atom. The normalized spacial score (nSPS) is 10.4. The molecule has 0 atom stereocenters. The molecule has 3 aromatic rings. The summed E-state index contributed by atoms with van der Waals surface area (Å²) >= 11 is 0. The standard InChI is InChI=1S/C24H26O4/c1-25-21-10-11-22(26-2)19(14-21)13-20-16-23(27-3)18(15-24(20)28-4)12-17-8-6-5-7-9-17/h5-11,14-16H,12-13H2,1-4H3. The van der Waals surface area contributed by atoms with E-state index in [1.165, 1.54) is 5.56 Å². The molecule has 0 aliphatic heterocycles. The number of hydrogen-bond donors (Lipinski definition) is 0. The van der Waals surface area contributed by atoms with Crippen molar-refractivity contribution in [3.63, 3.8) is 0 Å². The average molecular weight is 378 g/mol.